The second-order valence-corrected chi connectivity index (χ2v) is 4.32. The lowest BCUT2D eigenvalue weighted by atomic mass is 9.93. The van der Waals surface area contributed by atoms with Crippen LogP contribution in [0.25, 0.3) is 0 Å². The van der Waals surface area contributed by atoms with Crippen LogP contribution in [0.4, 0.5) is 0 Å². The van der Waals surface area contributed by atoms with Crippen molar-refractivity contribution in [2.75, 3.05) is 19.7 Å². The Labute approximate surface area is 89.3 Å². The van der Waals surface area contributed by atoms with E-state index < -0.39 is 18.3 Å². The number of hydrogen-bond donors (Lipinski definition) is 3. The predicted octanol–water partition coefficient (Wildman–Crippen LogP) is -1.44. The summed E-state index contributed by atoms with van der Waals surface area (Å²) in [4.78, 5) is 2.00. The van der Waals surface area contributed by atoms with Gasteiger partial charge in [-0.3, -0.25) is 4.90 Å². The van der Waals surface area contributed by atoms with Crippen LogP contribution in [0, 0.1) is 0 Å². The molecule has 2 rings (SSSR count). The van der Waals surface area contributed by atoms with Gasteiger partial charge in [0.2, 0.25) is 0 Å². The lowest BCUT2D eigenvalue weighted by Gasteiger charge is -2.41. The maximum Gasteiger partial charge on any atom is 0.109 e. The third-order valence-electron chi connectivity index (χ3n) is 3.40. The highest BCUT2D eigenvalue weighted by Gasteiger charge is 2.48. The average Bonchev–Trinajstić information content (AvgIpc) is 2.59. The number of fused-ring (bicyclic) bond motifs is 1. The van der Waals surface area contributed by atoms with Crippen molar-refractivity contribution in [3.63, 3.8) is 0 Å². The fraction of sp³-hybridized carbons (Fsp3) is 1.00. The van der Waals surface area contributed by atoms with E-state index in [1.807, 2.05) is 11.8 Å². The van der Waals surface area contributed by atoms with Gasteiger partial charge in [-0.15, -0.1) is 0 Å². The molecule has 2 saturated heterocycles. The molecule has 2 fully saturated rings. The predicted molar refractivity (Wildman–Crippen MR) is 53.4 cm³/mol. The number of nitrogens with zero attached hydrogens (tertiary/aromatic N) is 1. The van der Waals surface area contributed by atoms with E-state index in [1.54, 1.807) is 0 Å². The maximum atomic E-state index is 9.88. The summed E-state index contributed by atoms with van der Waals surface area (Å²) in [6.07, 6.45) is -1.97. The molecular weight excluding hydrogens is 198 g/mol. The topological polar surface area (TPSA) is 73.2 Å². The van der Waals surface area contributed by atoms with E-state index in [0.717, 1.165) is 13.0 Å². The van der Waals surface area contributed by atoms with Crippen LogP contribution in [0.3, 0.4) is 0 Å². The smallest absolute Gasteiger partial charge is 0.109 e. The Morgan fingerprint density at radius 3 is 2.67 bits per heavy atom. The zero-order chi connectivity index (χ0) is 11.0. The molecule has 0 aromatic heterocycles. The summed E-state index contributed by atoms with van der Waals surface area (Å²) >= 11 is 0. The molecule has 0 radical (unpaired) electrons. The van der Waals surface area contributed by atoms with Gasteiger partial charge in [0.05, 0.1) is 18.2 Å². The third kappa shape index (κ3) is 1.90. The maximum absolute atomic E-state index is 9.88. The molecule has 0 bridgehead atoms. The summed E-state index contributed by atoms with van der Waals surface area (Å²) < 4.78 is 5.53. The summed E-state index contributed by atoms with van der Waals surface area (Å²) in [5.41, 5.74) is 0. The molecule has 2 aliphatic rings. The van der Waals surface area contributed by atoms with Gasteiger partial charge in [0.25, 0.3) is 0 Å². The van der Waals surface area contributed by atoms with Gasteiger partial charge in [-0.25, -0.2) is 0 Å². The summed E-state index contributed by atoms with van der Waals surface area (Å²) in [6.45, 7) is 3.77. The molecular formula is C10H19NO4. The molecule has 88 valence electrons. The van der Waals surface area contributed by atoms with Crippen molar-refractivity contribution >= 4 is 0 Å². The van der Waals surface area contributed by atoms with Crippen molar-refractivity contribution in [3.8, 4) is 0 Å². The SMILES string of the molecule is CCO[C@@H]1CCN2C[C@@H](O)[C@@H](O)[C@H](O)[C@H]12. The highest BCUT2D eigenvalue weighted by molar-refractivity contribution is 5.02. The molecule has 2 heterocycles. The Hall–Kier alpha value is -0.200. The molecule has 0 spiro atoms. The van der Waals surface area contributed by atoms with Crippen molar-refractivity contribution in [1.29, 1.82) is 0 Å². The summed E-state index contributed by atoms with van der Waals surface area (Å²) in [6, 6.07) is -0.164. The summed E-state index contributed by atoms with van der Waals surface area (Å²) in [5.74, 6) is 0. The summed E-state index contributed by atoms with van der Waals surface area (Å²) in [7, 11) is 0. The number of hydrogen-bond acceptors (Lipinski definition) is 5. The van der Waals surface area contributed by atoms with Crippen LogP contribution >= 0.6 is 0 Å². The van der Waals surface area contributed by atoms with Crippen LogP contribution in [-0.2, 0) is 4.74 Å². The van der Waals surface area contributed by atoms with Crippen molar-refractivity contribution in [2.45, 2.75) is 43.8 Å². The highest BCUT2D eigenvalue weighted by Crippen LogP contribution is 2.29. The number of aliphatic hydroxyl groups excluding tert-OH is 3. The molecule has 0 unspecified atom stereocenters. The Bertz CT molecular complexity index is 219. The van der Waals surface area contributed by atoms with E-state index in [9.17, 15) is 15.3 Å². The number of rotatable bonds is 2. The minimum atomic E-state index is -1.05. The van der Waals surface area contributed by atoms with Crippen molar-refractivity contribution < 1.29 is 20.1 Å². The van der Waals surface area contributed by atoms with Gasteiger partial charge in [-0.1, -0.05) is 0 Å². The van der Waals surface area contributed by atoms with E-state index in [2.05, 4.69) is 0 Å². The van der Waals surface area contributed by atoms with Gasteiger partial charge in [0, 0.05) is 19.7 Å². The van der Waals surface area contributed by atoms with Gasteiger partial charge in [-0.05, 0) is 13.3 Å². The molecule has 0 aliphatic carbocycles. The Morgan fingerprint density at radius 1 is 1.27 bits per heavy atom. The first kappa shape index (κ1) is 11.3. The van der Waals surface area contributed by atoms with E-state index in [-0.39, 0.29) is 12.1 Å². The van der Waals surface area contributed by atoms with Crippen LogP contribution < -0.4 is 0 Å². The van der Waals surface area contributed by atoms with Crippen LogP contribution in [0.2, 0.25) is 0 Å². The first-order valence-corrected chi connectivity index (χ1v) is 5.55. The number of aliphatic hydroxyl groups is 3. The van der Waals surface area contributed by atoms with E-state index in [1.165, 1.54) is 0 Å². The quantitative estimate of drug-likeness (QED) is 0.528. The molecule has 15 heavy (non-hydrogen) atoms. The van der Waals surface area contributed by atoms with E-state index in [4.69, 9.17) is 4.74 Å². The van der Waals surface area contributed by atoms with Crippen molar-refractivity contribution in [3.05, 3.63) is 0 Å². The minimum absolute atomic E-state index is 0.0212. The second-order valence-electron chi connectivity index (χ2n) is 4.32. The first-order chi connectivity index (χ1) is 7.15. The minimum Gasteiger partial charge on any atom is -0.389 e. The average molecular weight is 217 g/mol. The monoisotopic (exact) mass is 217 g/mol. The fourth-order valence-corrected chi connectivity index (χ4v) is 2.67. The lowest BCUT2D eigenvalue weighted by Crippen LogP contribution is -2.61. The molecule has 0 saturated carbocycles. The van der Waals surface area contributed by atoms with Crippen molar-refractivity contribution in [1.82, 2.24) is 4.90 Å². The normalized spacial score (nSPS) is 46.8. The van der Waals surface area contributed by atoms with Crippen LogP contribution in [0.15, 0.2) is 0 Å². The van der Waals surface area contributed by atoms with E-state index in [0.29, 0.717) is 13.2 Å². The molecule has 0 amide bonds. The lowest BCUT2D eigenvalue weighted by molar-refractivity contribution is -0.146. The Balaban J connectivity index is 2.08. The zero-order valence-corrected chi connectivity index (χ0v) is 8.91. The van der Waals surface area contributed by atoms with E-state index >= 15 is 0 Å². The van der Waals surface area contributed by atoms with Gasteiger partial charge >= 0.3 is 0 Å². The molecule has 0 aromatic rings. The molecule has 3 N–H and O–H groups in total. The molecule has 5 heteroatoms. The fourth-order valence-electron chi connectivity index (χ4n) is 2.67. The van der Waals surface area contributed by atoms with Gasteiger partial charge in [0.1, 0.15) is 12.2 Å². The molecule has 5 nitrogen and oxygen atoms in total. The number of ether oxygens (including phenoxy) is 1. The first-order valence-electron chi connectivity index (χ1n) is 5.55. The van der Waals surface area contributed by atoms with Crippen LogP contribution in [-0.4, -0.2) is 70.4 Å². The molecule has 5 atom stereocenters. The van der Waals surface area contributed by atoms with Crippen LogP contribution in [0.5, 0.6) is 0 Å². The van der Waals surface area contributed by atoms with Crippen LogP contribution in [0.1, 0.15) is 13.3 Å². The largest absolute Gasteiger partial charge is 0.389 e. The Kier molecular flexibility index (Phi) is 3.27. The molecule has 0 aromatic carbocycles. The zero-order valence-electron chi connectivity index (χ0n) is 8.91. The van der Waals surface area contributed by atoms with Gasteiger partial charge in [0.15, 0.2) is 0 Å². The van der Waals surface area contributed by atoms with Gasteiger partial charge in [-0.2, -0.15) is 0 Å². The standard InChI is InChI=1S/C10H19NO4/c1-2-15-7-3-4-11-5-6(12)9(13)10(14)8(7)11/h6-10,12-14H,2-5H2,1H3/t6-,7-,8+,9-,10-/m1/s1. The third-order valence-corrected chi connectivity index (χ3v) is 3.40. The van der Waals surface area contributed by atoms with Gasteiger partial charge < -0.3 is 20.1 Å². The highest BCUT2D eigenvalue weighted by atomic mass is 16.5. The summed E-state index contributed by atoms with van der Waals surface area (Å²) in [5, 5.41) is 29.0. The Morgan fingerprint density at radius 2 is 2.00 bits per heavy atom. The second kappa shape index (κ2) is 4.35. The van der Waals surface area contributed by atoms with Crippen molar-refractivity contribution in [2.24, 2.45) is 0 Å². The molecule has 2 aliphatic heterocycles. The number of piperidine rings is 1.